The first kappa shape index (κ1) is 48.6. The third-order valence-corrected chi connectivity index (χ3v) is 13.3. The molecule has 0 fully saturated rings. The molecule has 6 aromatic carbocycles. The Hall–Kier alpha value is -5.90. The van der Waals surface area contributed by atoms with Crippen LogP contribution in [0.25, 0.3) is 38.8 Å². The molecule has 0 radical (unpaired) electrons. The molecule has 5 nitrogen and oxygen atoms in total. The van der Waals surface area contributed by atoms with E-state index < -0.39 is 0 Å². The van der Waals surface area contributed by atoms with Crippen LogP contribution in [0.4, 0.5) is 11.4 Å². The molecule has 352 valence electrons. The maximum atomic E-state index is 7.01. The Kier molecular flexibility index (Phi) is 13.0. The van der Waals surface area contributed by atoms with E-state index in [2.05, 4.69) is 257 Å². The van der Waals surface area contributed by atoms with Crippen molar-refractivity contribution in [3.63, 3.8) is 0 Å². The zero-order valence-electron chi connectivity index (χ0n) is 42.0. The van der Waals surface area contributed by atoms with Gasteiger partial charge in [0.15, 0.2) is 0 Å². The average molecular weight is 1080 g/mol. The summed E-state index contributed by atoms with van der Waals surface area (Å²) in [5.74, 6) is 2.39. The SMILES string of the molecule is CC(C)c1ccccc1-c1cc(Oc2[c-]c3c(cc2)c2ccccc2n3-c2cc(C(C)(C)C)ccn2)[c-]c(N2[CH-]N(c3ccc(C(C)(C)c4ccccc4)cc3)C(C(C)(C)C)=C2C(C)(C)C)c1.[Pt]. The Morgan fingerprint density at radius 1 is 0.559 bits per heavy atom. The van der Waals surface area contributed by atoms with E-state index in [-0.39, 0.29) is 42.7 Å². The van der Waals surface area contributed by atoms with Crippen LogP contribution in [0.15, 0.2) is 157 Å². The molecule has 68 heavy (non-hydrogen) atoms. The zero-order valence-corrected chi connectivity index (χ0v) is 44.3. The molecule has 6 heteroatoms. The topological polar surface area (TPSA) is 33.5 Å². The van der Waals surface area contributed by atoms with E-state index in [1.807, 2.05) is 12.3 Å². The fourth-order valence-corrected chi connectivity index (χ4v) is 9.76. The minimum absolute atomic E-state index is 0. The van der Waals surface area contributed by atoms with Crippen LogP contribution >= 0.6 is 0 Å². The first-order valence-electron chi connectivity index (χ1n) is 23.8. The van der Waals surface area contributed by atoms with E-state index in [9.17, 15) is 0 Å². The van der Waals surface area contributed by atoms with E-state index in [0.717, 1.165) is 44.6 Å². The van der Waals surface area contributed by atoms with Gasteiger partial charge in [0.05, 0.1) is 0 Å². The summed E-state index contributed by atoms with van der Waals surface area (Å²) >= 11 is 0. The predicted molar refractivity (Wildman–Crippen MR) is 281 cm³/mol. The smallest absolute Gasteiger partial charge is 0.135 e. The van der Waals surface area contributed by atoms with Gasteiger partial charge in [0.2, 0.25) is 0 Å². The second kappa shape index (κ2) is 18.2. The summed E-state index contributed by atoms with van der Waals surface area (Å²) in [5.41, 5.74) is 13.1. The van der Waals surface area contributed by atoms with Gasteiger partial charge in [-0.1, -0.05) is 180 Å². The number of nitrogens with zero attached hydrogens (tertiary/aromatic N) is 4. The summed E-state index contributed by atoms with van der Waals surface area (Å²) in [6.45, 7) is 32.0. The van der Waals surface area contributed by atoms with Crippen LogP contribution < -0.4 is 14.5 Å². The van der Waals surface area contributed by atoms with E-state index in [0.29, 0.717) is 17.4 Å². The molecule has 0 aliphatic carbocycles. The number of anilines is 2. The van der Waals surface area contributed by atoms with Gasteiger partial charge >= 0.3 is 0 Å². The van der Waals surface area contributed by atoms with Crippen molar-refractivity contribution >= 4 is 33.2 Å². The van der Waals surface area contributed by atoms with Gasteiger partial charge in [-0.3, -0.25) is 0 Å². The predicted octanol–water partition coefficient (Wildman–Crippen LogP) is 16.7. The minimum Gasteiger partial charge on any atom is -0.509 e. The molecule has 0 bridgehead atoms. The molecule has 1 aliphatic heterocycles. The van der Waals surface area contributed by atoms with Crippen molar-refractivity contribution in [1.29, 1.82) is 0 Å². The minimum atomic E-state index is -0.242. The molecule has 1 aliphatic rings. The van der Waals surface area contributed by atoms with Gasteiger partial charge in [-0.15, -0.1) is 53.6 Å². The van der Waals surface area contributed by atoms with Crippen LogP contribution in [-0.4, -0.2) is 9.55 Å². The largest absolute Gasteiger partial charge is 0.509 e. The Labute approximate surface area is 420 Å². The number of hydrogen-bond acceptors (Lipinski definition) is 4. The molecular formula is C62H65N4OPt-3. The normalized spacial score (nSPS) is 13.8. The van der Waals surface area contributed by atoms with Crippen molar-refractivity contribution in [2.24, 2.45) is 10.8 Å². The first-order chi connectivity index (χ1) is 31.7. The maximum Gasteiger partial charge on any atom is 0.135 e. The summed E-state index contributed by atoms with van der Waals surface area (Å²) in [6, 6.07) is 57.6. The third-order valence-electron chi connectivity index (χ3n) is 13.3. The van der Waals surface area contributed by atoms with Crippen LogP contribution in [0.1, 0.15) is 118 Å². The Morgan fingerprint density at radius 2 is 1.19 bits per heavy atom. The molecular weight excluding hydrogens is 1010 g/mol. The monoisotopic (exact) mass is 1080 g/mol. The van der Waals surface area contributed by atoms with E-state index in [1.54, 1.807) is 0 Å². The summed E-state index contributed by atoms with van der Waals surface area (Å²) < 4.78 is 9.22. The molecule has 0 atom stereocenters. The fourth-order valence-electron chi connectivity index (χ4n) is 9.76. The average Bonchev–Trinajstić information content (AvgIpc) is 3.87. The number of para-hydroxylation sites is 1. The first-order valence-corrected chi connectivity index (χ1v) is 23.8. The van der Waals surface area contributed by atoms with Crippen LogP contribution in [0.3, 0.4) is 0 Å². The molecule has 0 unspecified atom stereocenters. The van der Waals surface area contributed by atoms with Gasteiger partial charge in [0.1, 0.15) is 5.82 Å². The number of hydrogen-bond donors (Lipinski definition) is 0. The summed E-state index contributed by atoms with van der Waals surface area (Å²) in [5, 5.41) is 2.23. The summed E-state index contributed by atoms with van der Waals surface area (Å²) in [4.78, 5) is 9.67. The maximum absolute atomic E-state index is 7.01. The molecule has 0 saturated carbocycles. The zero-order chi connectivity index (χ0) is 47.6. The van der Waals surface area contributed by atoms with E-state index in [1.165, 1.54) is 39.2 Å². The van der Waals surface area contributed by atoms with E-state index in [4.69, 9.17) is 9.72 Å². The third kappa shape index (κ3) is 9.19. The van der Waals surface area contributed by atoms with Gasteiger partial charge in [0.25, 0.3) is 0 Å². The van der Waals surface area contributed by atoms with Gasteiger partial charge in [0, 0.05) is 77.6 Å². The molecule has 0 saturated heterocycles. The standard InChI is InChI=1S/C62H65N4O.Pt/c1-41(2)50-23-17-18-24-51(50)42-35-47(65-40-64(57(60(6,7)8)58(65)61(9,10)11)46-29-27-44(28-30-46)62(12,13)43-21-15-14-16-22-43)38-49(36-42)67-48-31-32-53-52-25-19-20-26-54(52)66(55(53)39-48)56-37-45(33-34-63-56)59(3,4)5;/h14-37,40-41H,1-13H3;/q-3;. The molecule has 0 N–H and O–H groups in total. The van der Waals surface area contributed by atoms with Crippen molar-refractivity contribution in [2.75, 3.05) is 9.80 Å². The second-order valence-corrected chi connectivity index (χ2v) is 22.1. The van der Waals surface area contributed by atoms with Gasteiger partial charge in [-0.25, -0.2) is 4.98 Å². The number of pyridine rings is 1. The van der Waals surface area contributed by atoms with Crippen LogP contribution in [0.5, 0.6) is 11.5 Å². The molecule has 8 aromatic rings. The number of allylic oxidation sites excluding steroid dienone is 2. The molecule has 3 heterocycles. The number of fused-ring (bicyclic) bond motifs is 3. The number of rotatable bonds is 9. The number of aromatic nitrogens is 2. The Bertz CT molecular complexity index is 3140. The quantitative estimate of drug-likeness (QED) is 0.135. The Balaban J connectivity index is 0.00000625. The van der Waals surface area contributed by atoms with Crippen molar-refractivity contribution in [3.05, 3.63) is 198 Å². The molecule has 0 amide bonds. The van der Waals surface area contributed by atoms with Crippen molar-refractivity contribution in [3.8, 4) is 28.4 Å². The number of ether oxygens (including phenoxy) is 1. The molecule has 0 spiro atoms. The summed E-state index contributed by atoms with van der Waals surface area (Å²) in [7, 11) is 0. The van der Waals surface area contributed by atoms with Gasteiger partial charge < -0.3 is 19.1 Å². The second-order valence-electron chi connectivity index (χ2n) is 22.1. The van der Waals surface area contributed by atoms with Crippen molar-refractivity contribution < 1.29 is 25.8 Å². The van der Waals surface area contributed by atoms with Gasteiger partial charge in [-0.05, 0) is 74.9 Å². The number of benzene rings is 6. The Morgan fingerprint density at radius 3 is 1.87 bits per heavy atom. The van der Waals surface area contributed by atoms with Crippen molar-refractivity contribution in [2.45, 2.75) is 107 Å². The fraction of sp³-hybridized carbons (Fsp3) is 0.290. The van der Waals surface area contributed by atoms with E-state index >= 15 is 0 Å². The van der Waals surface area contributed by atoms with Crippen LogP contribution in [0, 0.1) is 29.6 Å². The van der Waals surface area contributed by atoms with Gasteiger partial charge in [-0.2, -0.15) is 6.07 Å². The molecule has 9 rings (SSSR count). The van der Waals surface area contributed by atoms with Crippen molar-refractivity contribution in [1.82, 2.24) is 9.55 Å². The summed E-state index contributed by atoms with van der Waals surface area (Å²) in [6.07, 6.45) is 1.91. The molecule has 2 aromatic heterocycles. The van der Waals surface area contributed by atoms with Crippen LogP contribution in [0.2, 0.25) is 0 Å². The van der Waals surface area contributed by atoms with Crippen LogP contribution in [-0.2, 0) is 31.9 Å².